The molecule has 0 radical (unpaired) electrons. The summed E-state index contributed by atoms with van der Waals surface area (Å²) in [6.45, 7) is 2.03. The number of hydrogen-bond acceptors (Lipinski definition) is 8. The lowest BCUT2D eigenvalue weighted by Crippen LogP contribution is -2.10. The molecular formula is C15H13ClN4O2S2. The third-order valence-electron chi connectivity index (χ3n) is 3.02. The number of nitrogens with one attached hydrogen (secondary N) is 1. The second-order valence-corrected chi connectivity index (χ2v) is 6.84. The summed E-state index contributed by atoms with van der Waals surface area (Å²) >= 11 is 8.82. The average molecular weight is 381 g/mol. The van der Waals surface area contributed by atoms with Crippen molar-refractivity contribution in [1.29, 1.82) is 0 Å². The zero-order valence-corrected chi connectivity index (χ0v) is 15.3. The van der Waals surface area contributed by atoms with Gasteiger partial charge in [0.2, 0.25) is 0 Å². The molecule has 124 valence electrons. The molecule has 3 aromatic rings. The lowest BCUT2D eigenvalue weighted by Gasteiger charge is -2.09. The molecule has 6 nitrogen and oxygen atoms in total. The highest BCUT2D eigenvalue weighted by Crippen LogP contribution is 2.31. The molecule has 3 rings (SSSR count). The molecule has 1 N–H and O–H groups in total. The second-order valence-electron chi connectivity index (χ2n) is 4.60. The van der Waals surface area contributed by atoms with Crippen molar-refractivity contribution >= 4 is 61.8 Å². The molecule has 0 bridgehead atoms. The Bertz CT molecular complexity index is 900. The molecule has 2 aromatic heterocycles. The van der Waals surface area contributed by atoms with E-state index in [0.29, 0.717) is 21.1 Å². The van der Waals surface area contributed by atoms with Gasteiger partial charge in [0.1, 0.15) is 5.56 Å². The average Bonchev–Trinajstić information content (AvgIpc) is 2.96. The number of carbonyl (C=O) groups is 1. The molecule has 0 fully saturated rings. The van der Waals surface area contributed by atoms with E-state index in [0.717, 1.165) is 10.2 Å². The topological polar surface area (TPSA) is 77.0 Å². The van der Waals surface area contributed by atoms with Gasteiger partial charge in [-0.15, -0.1) is 0 Å². The minimum absolute atomic E-state index is 0.270. The second kappa shape index (κ2) is 7.33. The summed E-state index contributed by atoms with van der Waals surface area (Å²) in [5, 5.41) is 4.91. The van der Waals surface area contributed by atoms with Crippen molar-refractivity contribution in [2.45, 2.75) is 12.1 Å². The monoisotopic (exact) mass is 380 g/mol. The van der Waals surface area contributed by atoms with Gasteiger partial charge >= 0.3 is 5.97 Å². The van der Waals surface area contributed by atoms with E-state index in [1.165, 1.54) is 29.3 Å². The maximum Gasteiger partial charge on any atom is 0.343 e. The summed E-state index contributed by atoms with van der Waals surface area (Å²) in [6, 6.07) is 5.48. The van der Waals surface area contributed by atoms with Crippen LogP contribution in [0.5, 0.6) is 0 Å². The first-order chi connectivity index (χ1) is 11.6. The van der Waals surface area contributed by atoms with Crippen LogP contribution in [-0.4, -0.2) is 33.8 Å². The maximum absolute atomic E-state index is 12.1. The van der Waals surface area contributed by atoms with Gasteiger partial charge in [0.15, 0.2) is 16.1 Å². The highest BCUT2D eigenvalue weighted by atomic mass is 35.5. The number of esters is 1. The fraction of sp³-hybridized carbons (Fsp3) is 0.200. The van der Waals surface area contributed by atoms with E-state index < -0.39 is 5.97 Å². The summed E-state index contributed by atoms with van der Waals surface area (Å²) < 4.78 is 6.00. The quantitative estimate of drug-likeness (QED) is 0.399. The van der Waals surface area contributed by atoms with Crippen molar-refractivity contribution in [3.63, 3.8) is 0 Å². The molecule has 0 saturated carbocycles. The number of halogens is 1. The molecule has 0 unspecified atom stereocenters. The van der Waals surface area contributed by atoms with Gasteiger partial charge in [-0.3, -0.25) is 0 Å². The van der Waals surface area contributed by atoms with Crippen LogP contribution in [0.1, 0.15) is 17.3 Å². The molecule has 0 amide bonds. The number of rotatable bonds is 5. The van der Waals surface area contributed by atoms with Crippen LogP contribution in [0.15, 0.2) is 29.6 Å². The maximum atomic E-state index is 12.1. The van der Waals surface area contributed by atoms with Gasteiger partial charge in [-0.25, -0.2) is 19.7 Å². The van der Waals surface area contributed by atoms with E-state index in [9.17, 15) is 4.79 Å². The molecule has 0 aliphatic rings. The Morgan fingerprint density at radius 3 is 3.00 bits per heavy atom. The first kappa shape index (κ1) is 16.9. The van der Waals surface area contributed by atoms with E-state index in [2.05, 4.69) is 20.3 Å². The van der Waals surface area contributed by atoms with E-state index >= 15 is 0 Å². The molecular weight excluding hydrogens is 368 g/mol. The number of carbonyl (C=O) groups excluding carboxylic acids is 1. The number of thiazole rings is 1. The zero-order chi connectivity index (χ0) is 17.1. The van der Waals surface area contributed by atoms with Crippen molar-refractivity contribution in [2.24, 2.45) is 0 Å². The van der Waals surface area contributed by atoms with Crippen molar-refractivity contribution in [3.05, 3.63) is 35.0 Å². The molecule has 1 aromatic carbocycles. The lowest BCUT2D eigenvalue weighted by molar-refractivity contribution is 0.0526. The van der Waals surface area contributed by atoms with Crippen LogP contribution < -0.4 is 5.32 Å². The number of benzene rings is 1. The van der Waals surface area contributed by atoms with Crippen LogP contribution in [-0.2, 0) is 4.74 Å². The standard InChI is InChI=1S/C15H13ClN4O2S2/c1-3-22-13(21)9-7-17-14(23-2)19-12(9)20-15-18-10-5-4-8(16)6-11(10)24-15/h4-7H,3H2,1-2H3,(H,17,18,19,20). The van der Waals surface area contributed by atoms with Gasteiger partial charge < -0.3 is 10.1 Å². The van der Waals surface area contributed by atoms with Gasteiger partial charge in [0, 0.05) is 11.2 Å². The SMILES string of the molecule is CCOC(=O)c1cnc(SC)nc1Nc1nc2ccc(Cl)cc2s1. The largest absolute Gasteiger partial charge is 0.462 e. The predicted molar refractivity (Wildman–Crippen MR) is 97.7 cm³/mol. The Kier molecular flexibility index (Phi) is 5.17. The van der Waals surface area contributed by atoms with Crippen LogP contribution in [0.2, 0.25) is 5.02 Å². The molecule has 0 saturated heterocycles. The number of ether oxygens (including phenoxy) is 1. The number of hydrogen-bond donors (Lipinski definition) is 1. The minimum Gasteiger partial charge on any atom is -0.462 e. The number of anilines is 2. The lowest BCUT2D eigenvalue weighted by atomic mass is 10.3. The Hall–Kier alpha value is -1.90. The predicted octanol–water partition coefficient (Wildman–Crippen LogP) is 4.38. The third kappa shape index (κ3) is 3.61. The summed E-state index contributed by atoms with van der Waals surface area (Å²) in [4.78, 5) is 25.1. The fourth-order valence-corrected chi connectivity index (χ4v) is 3.45. The van der Waals surface area contributed by atoms with Crippen LogP contribution in [0.25, 0.3) is 10.2 Å². The van der Waals surface area contributed by atoms with E-state index in [1.54, 1.807) is 13.0 Å². The molecule has 0 aliphatic carbocycles. The fourth-order valence-electron chi connectivity index (χ4n) is 1.97. The summed E-state index contributed by atoms with van der Waals surface area (Å²) in [6.07, 6.45) is 3.33. The van der Waals surface area contributed by atoms with E-state index in [-0.39, 0.29) is 12.2 Å². The molecule has 0 spiro atoms. The number of fused-ring (bicyclic) bond motifs is 1. The molecule has 0 atom stereocenters. The van der Waals surface area contributed by atoms with Gasteiger partial charge in [0.25, 0.3) is 0 Å². The minimum atomic E-state index is -0.475. The first-order valence-electron chi connectivity index (χ1n) is 7.02. The summed E-state index contributed by atoms with van der Waals surface area (Å²) in [5.74, 6) is -0.102. The molecule has 0 aliphatic heterocycles. The van der Waals surface area contributed by atoms with E-state index in [1.807, 2.05) is 18.4 Å². The smallest absolute Gasteiger partial charge is 0.343 e. The van der Waals surface area contributed by atoms with Gasteiger partial charge in [-0.2, -0.15) is 0 Å². The zero-order valence-electron chi connectivity index (χ0n) is 12.9. The molecule has 24 heavy (non-hydrogen) atoms. The van der Waals surface area contributed by atoms with Crippen molar-refractivity contribution in [1.82, 2.24) is 15.0 Å². The Labute approximate surface area is 151 Å². The van der Waals surface area contributed by atoms with Crippen LogP contribution >= 0.6 is 34.7 Å². The van der Waals surface area contributed by atoms with E-state index in [4.69, 9.17) is 16.3 Å². The van der Waals surface area contributed by atoms with Crippen molar-refractivity contribution in [2.75, 3.05) is 18.2 Å². The van der Waals surface area contributed by atoms with Crippen LogP contribution in [0, 0.1) is 0 Å². The Morgan fingerprint density at radius 1 is 1.42 bits per heavy atom. The normalized spacial score (nSPS) is 10.8. The van der Waals surface area contributed by atoms with Crippen LogP contribution in [0.4, 0.5) is 10.9 Å². The van der Waals surface area contributed by atoms with Gasteiger partial charge in [0.05, 0.1) is 16.8 Å². The first-order valence-corrected chi connectivity index (χ1v) is 9.44. The molecule has 2 heterocycles. The number of aromatic nitrogens is 3. The van der Waals surface area contributed by atoms with Crippen LogP contribution in [0.3, 0.4) is 0 Å². The third-order valence-corrected chi connectivity index (χ3v) is 4.75. The van der Waals surface area contributed by atoms with Crippen molar-refractivity contribution in [3.8, 4) is 0 Å². The van der Waals surface area contributed by atoms with Gasteiger partial charge in [-0.05, 0) is 31.4 Å². The Balaban J connectivity index is 1.98. The number of thioether (sulfide) groups is 1. The summed E-state index contributed by atoms with van der Waals surface area (Å²) in [7, 11) is 0. The summed E-state index contributed by atoms with van der Waals surface area (Å²) in [5.41, 5.74) is 1.09. The Morgan fingerprint density at radius 2 is 2.25 bits per heavy atom. The number of nitrogens with zero attached hydrogens (tertiary/aromatic N) is 3. The highest BCUT2D eigenvalue weighted by molar-refractivity contribution is 7.98. The highest BCUT2D eigenvalue weighted by Gasteiger charge is 2.17. The van der Waals surface area contributed by atoms with Crippen molar-refractivity contribution < 1.29 is 9.53 Å². The molecule has 9 heteroatoms. The van der Waals surface area contributed by atoms with Gasteiger partial charge in [-0.1, -0.05) is 34.7 Å².